The molecule has 0 saturated carbocycles. The number of nitrogens with zero attached hydrogens (tertiary/aromatic N) is 3. The summed E-state index contributed by atoms with van der Waals surface area (Å²) in [5.74, 6) is 0. The molecule has 2 aromatic heterocycles. The Labute approximate surface area is 129 Å². The van der Waals surface area contributed by atoms with E-state index in [0.29, 0.717) is 0 Å². The first-order chi connectivity index (χ1) is 10.4. The lowest BCUT2D eigenvalue weighted by Gasteiger charge is -2.22. The first kappa shape index (κ1) is 14.5. The van der Waals surface area contributed by atoms with E-state index in [9.17, 15) is 0 Å². The molecule has 1 aromatic carbocycles. The van der Waals surface area contributed by atoms with Gasteiger partial charge in [0.25, 0.3) is 0 Å². The summed E-state index contributed by atoms with van der Waals surface area (Å²) in [6.07, 6.45) is 1.79. The summed E-state index contributed by atoms with van der Waals surface area (Å²) >= 11 is 0. The zero-order valence-corrected chi connectivity index (χ0v) is 13.3. The maximum Gasteiger partial charge on any atom is 0.104 e. The number of ether oxygens (including phenoxy) is 1. The van der Waals surface area contributed by atoms with E-state index < -0.39 is 5.60 Å². The number of nitrogen functional groups attached to an aromatic ring is 1. The molecule has 3 aromatic rings. The van der Waals surface area contributed by atoms with Crippen molar-refractivity contribution in [3.8, 4) is 11.3 Å². The lowest BCUT2D eigenvalue weighted by atomic mass is 10.0. The van der Waals surface area contributed by atoms with Crippen LogP contribution in [0.15, 0.2) is 36.5 Å². The van der Waals surface area contributed by atoms with Crippen LogP contribution < -0.4 is 5.73 Å². The number of fused-ring (bicyclic) bond motifs is 1. The third kappa shape index (κ3) is 2.33. The molecule has 5 heteroatoms. The summed E-state index contributed by atoms with van der Waals surface area (Å²) in [4.78, 5) is 4.43. The van der Waals surface area contributed by atoms with Gasteiger partial charge in [0, 0.05) is 37.0 Å². The average Bonchev–Trinajstić information content (AvgIpc) is 2.84. The van der Waals surface area contributed by atoms with Gasteiger partial charge in [0.1, 0.15) is 11.3 Å². The van der Waals surface area contributed by atoms with E-state index in [4.69, 9.17) is 10.5 Å². The van der Waals surface area contributed by atoms with Gasteiger partial charge in [-0.2, -0.15) is 5.10 Å². The fourth-order valence-electron chi connectivity index (χ4n) is 2.51. The molecule has 0 saturated heterocycles. The second-order valence-corrected chi connectivity index (χ2v) is 5.89. The topological polar surface area (TPSA) is 66.0 Å². The van der Waals surface area contributed by atoms with Crippen LogP contribution in [-0.4, -0.2) is 21.9 Å². The standard InChI is InChI=1S/C17H20N4O/c1-17(2,22-4)15-9-11(7-8-19-15)16-13-10-12(18)5-6-14(13)21(3)20-16/h5-10H,18H2,1-4H3. The number of anilines is 1. The molecule has 2 heterocycles. The summed E-state index contributed by atoms with van der Waals surface area (Å²) < 4.78 is 7.39. The van der Waals surface area contributed by atoms with Crippen molar-refractivity contribution >= 4 is 16.6 Å². The van der Waals surface area contributed by atoms with E-state index in [1.807, 2.05) is 55.9 Å². The number of aromatic nitrogens is 3. The zero-order chi connectivity index (χ0) is 15.9. The highest BCUT2D eigenvalue weighted by Gasteiger charge is 2.22. The first-order valence-electron chi connectivity index (χ1n) is 7.16. The van der Waals surface area contributed by atoms with Crippen molar-refractivity contribution in [1.29, 1.82) is 0 Å². The Morgan fingerprint density at radius 2 is 1.95 bits per heavy atom. The molecule has 0 aliphatic rings. The van der Waals surface area contributed by atoms with E-state index in [-0.39, 0.29) is 0 Å². The van der Waals surface area contributed by atoms with Crippen molar-refractivity contribution in [2.24, 2.45) is 7.05 Å². The number of benzene rings is 1. The van der Waals surface area contributed by atoms with Crippen molar-refractivity contribution < 1.29 is 4.74 Å². The second kappa shape index (κ2) is 5.10. The fraction of sp³-hybridized carbons (Fsp3) is 0.294. The molecule has 0 aliphatic heterocycles. The Balaban J connectivity index is 2.20. The Morgan fingerprint density at radius 1 is 1.18 bits per heavy atom. The van der Waals surface area contributed by atoms with Crippen LogP contribution in [0.2, 0.25) is 0 Å². The van der Waals surface area contributed by atoms with E-state index in [1.54, 1.807) is 13.3 Å². The van der Waals surface area contributed by atoms with Crippen LogP contribution in [0.4, 0.5) is 5.69 Å². The highest BCUT2D eigenvalue weighted by molar-refractivity contribution is 5.95. The second-order valence-electron chi connectivity index (χ2n) is 5.89. The maximum atomic E-state index is 5.93. The minimum Gasteiger partial charge on any atom is -0.399 e. The van der Waals surface area contributed by atoms with Gasteiger partial charge in [0.2, 0.25) is 0 Å². The van der Waals surface area contributed by atoms with Gasteiger partial charge in [-0.3, -0.25) is 9.67 Å². The molecule has 114 valence electrons. The van der Waals surface area contributed by atoms with Crippen molar-refractivity contribution in [3.63, 3.8) is 0 Å². The van der Waals surface area contributed by atoms with Gasteiger partial charge in [-0.25, -0.2) is 0 Å². The molecule has 0 atom stereocenters. The third-order valence-corrected chi connectivity index (χ3v) is 4.03. The first-order valence-corrected chi connectivity index (χ1v) is 7.16. The molecule has 0 bridgehead atoms. The summed E-state index contributed by atoms with van der Waals surface area (Å²) in [6, 6.07) is 9.82. The van der Waals surface area contributed by atoms with E-state index in [2.05, 4.69) is 10.1 Å². The van der Waals surface area contributed by atoms with Gasteiger partial charge in [-0.15, -0.1) is 0 Å². The monoisotopic (exact) mass is 296 g/mol. The summed E-state index contributed by atoms with van der Waals surface area (Å²) in [7, 11) is 3.62. The molecule has 5 nitrogen and oxygen atoms in total. The number of hydrogen-bond donors (Lipinski definition) is 1. The number of methoxy groups -OCH3 is 1. The van der Waals surface area contributed by atoms with E-state index in [1.165, 1.54) is 0 Å². The van der Waals surface area contributed by atoms with Crippen LogP contribution >= 0.6 is 0 Å². The molecule has 0 spiro atoms. The van der Waals surface area contributed by atoms with Crippen LogP contribution in [0.25, 0.3) is 22.2 Å². The molecule has 0 aliphatic carbocycles. The molecular weight excluding hydrogens is 276 g/mol. The van der Waals surface area contributed by atoms with E-state index in [0.717, 1.165) is 33.5 Å². The molecule has 0 unspecified atom stereocenters. The lowest BCUT2D eigenvalue weighted by molar-refractivity contribution is 0.0155. The van der Waals surface area contributed by atoms with Gasteiger partial charge in [-0.1, -0.05) is 0 Å². The Morgan fingerprint density at radius 3 is 2.68 bits per heavy atom. The van der Waals surface area contributed by atoms with Gasteiger partial charge < -0.3 is 10.5 Å². The van der Waals surface area contributed by atoms with E-state index >= 15 is 0 Å². The van der Waals surface area contributed by atoms with Crippen LogP contribution in [-0.2, 0) is 17.4 Å². The molecule has 2 N–H and O–H groups in total. The number of pyridine rings is 1. The number of aryl methyl sites for hydroxylation is 1. The van der Waals surface area contributed by atoms with Gasteiger partial charge in [0.15, 0.2) is 0 Å². The SMILES string of the molecule is COC(C)(C)c1cc(-c2nn(C)c3ccc(N)cc23)ccn1. The predicted octanol–water partition coefficient (Wildman–Crippen LogP) is 3.10. The quantitative estimate of drug-likeness (QED) is 0.754. The maximum absolute atomic E-state index is 5.93. The highest BCUT2D eigenvalue weighted by atomic mass is 16.5. The van der Waals surface area contributed by atoms with Gasteiger partial charge >= 0.3 is 0 Å². The Kier molecular flexibility index (Phi) is 3.37. The van der Waals surface area contributed by atoms with Crippen molar-refractivity contribution in [2.45, 2.75) is 19.4 Å². The van der Waals surface area contributed by atoms with Crippen LogP contribution in [0, 0.1) is 0 Å². The highest BCUT2D eigenvalue weighted by Crippen LogP contribution is 2.31. The normalized spacial score (nSPS) is 12.0. The summed E-state index contributed by atoms with van der Waals surface area (Å²) in [5, 5.41) is 5.68. The smallest absolute Gasteiger partial charge is 0.104 e. The Hall–Kier alpha value is -2.40. The summed E-state index contributed by atoms with van der Waals surface area (Å²) in [5.41, 5.74) is 10.0. The molecule has 0 fully saturated rings. The predicted molar refractivity (Wildman–Crippen MR) is 88.4 cm³/mol. The van der Waals surface area contributed by atoms with Crippen LogP contribution in [0.3, 0.4) is 0 Å². The molecule has 3 rings (SSSR count). The van der Waals surface area contributed by atoms with Gasteiger partial charge in [0.05, 0.1) is 11.2 Å². The fourth-order valence-corrected chi connectivity index (χ4v) is 2.51. The minimum atomic E-state index is -0.445. The van der Waals surface area contributed by atoms with Crippen molar-refractivity contribution in [1.82, 2.24) is 14.8 Å². The minimum absolute atomic E-state index is 0.445. The number of rotatable bonds is 3. The molecule has 0 amide bonds. The molecular formula is C17H20N4O. The zero-order valence-electron chi connectivity index (χ0n) is 13.3. The summed E-state index contributed by atoms with van der Waals surface area (Å²) in [6.45, 7) is 3.99. The molecule has 0 radical (unpaired) electrons. The molecule has 22 heavy (non-hydrogen) atoms. The Bertz CT molecular complexity index is 836. The third-order valence-electron chi connectivity index (χ3n) is 4.03. The van der Waals surface area contributed by atoms with Crippen LogP contribution in [0.1, 0.15) is 19.5 Å². The van der Waals surface area contributed by atoms with Crippen molar-refractivity contribution in [3.05, 3.63) is 42.2 Å². The number of hydrogen-bond acceptors (Lipinski definition) is 4. The average molecular weight is 296 g/mol. The number of nitrogens with two attached hydrogens (primary N) is 1. The lowest BCUT2D eigenvalue weighted by Crippen LogP contribution is -2.20. The van der Waals surface area contributed by atoms with Crippen LogP contribution in [0.5, 0.6) is 0 Å². The van der Waals surface area contributed by atoms with Crippen molar-refractivity contribution in [2.75, 3.05) is 12.8 Å². The van der Waals surface area contributed by atoms with Gasteiger partial charge in [-0.05, 0) is 44.2 Å². The largest absolute Gasteiger partial charge is 0.399 e.